The van der Waals surface area contributed by atoms with Gasteiger partial charge in [0.1, 0.15) is 0 Å². The van der Waals surface area contributed by atoms with E-state index in [2.05, 4.69) is 5.10 Å². The lowest BCUT2D eigenvalue weighted by Crippen LogP contribution is -2.03. The van der Waals surface area contributed by atoms with Crippen LogP contribution in [0.1, 0.15) is 10.4 Å². The first-order valence-corrected chi connectivity index (χ1v) is 6.30. The molecule has 0 aliphatic heterocycles. The van der Waals surface area contributed by atoms with Gasteiger partial charge in [-0.3, -0.25) is 4.68 Å². The van der Waals surface area contributed by atoms with E-state index in [4.69, 9.17) is 4.74 Å². The zero-order valence-corrected chi connectivity index (χ0v) is 11.3. The van der Waals surface area contributed by atoms with Gasteiger partial charge in [-0.25, -0.2) is 4.79 Å². The molecule has 4 heteroatoms. The Morgan fingerprint density at radius 2 is 2.00 bits per heavy atom. The Bertz CT molecular complexity index is 790. The molecule has 0 aliphatic carbocycles. The summed E-state index contributed by atoms with van der Waals surface area (Å²) in [7, 11) is 3.28. The number of aryl methyl sites for hydroxylation is 1. The van der Waals surface area contributed by atoms with Crippen LogP contribution in [0.15, 0.2) is 48.7 Å². The third-order valence-electron chi connectivity index (χ3n) is 3.26. The number of ether oxygens (including phenoxy) is 1. The lowest BCUT2D eigenvalue weighted by Gasteiger charge is -2.07. The van der Waals surface area contributed by atoms with Crippen molar-refractivity contribution in [3.05, 3.63) is 54.2 Å². The molecular weight excluding hydrogens is 252 g/mol. The molecule has 0 saturated heterocycles. The lowest BCUT2D eigenvalue weighted by molar-refractivity contribution is 0.0601. The number of benzene rings is 2. The molecule has 0 unspecified atom stereocenters. The number of fused-ring (bicyclic) bond motifs is 1. The summed E-state index contributed by atoms with van der Waals surface area (Å²) >= 11 is 0. The van der Waals surface area contributed by atoms with Crippen molar-refractivity contribution in [2.75, 3.05) is 7.11 Å². The Hall–Kier alpha value is -2.62. The van der Waals surface area contributed by atoms with Crippen LogP contribution in [0.2, 0.25) is 0 Å². The average molecular weight is 266 g/mol. The molecule has 100 valence electrons. The van der Waals surface area contributed by atoms with Crippen molar-refractivity contribution in [1.29, 1.82) is 0 Å². The topological polar surface area (TPSA) is 44.1 Å². The highest BCUT2D eigenvalue weighted by Crippen LogP contribution is 2.27. The quantitative estimate of drug-likeness (QED) is 0.670. The highest BCUT2D eigenvalue weighted by molar-refractivity contribution is 5.98. The predicted molar refractivity (Wildman–Crippen MR) is 77.5 cm³/mol. The number of aromatic nitrogens is 2. The van der Waals surface area contributed by atoms with Crippen LogP contribution in [0.3, 0.4) is 0 Å². The van der Waals surface area contributed by atoms with Crippen molar-refractivity contribution in [2.45, 2.75) is 0 Å². The minimum Gasteiger partial charge on any atom is -0.465 e. The van der Waals surface area contributed by atoms with Crippen LogP contribution in [0.25, 0.3) is 22.0 Å². The Morgan fingerprint density at radius 1 is 1.20 bits per heavy atom. The van der Waals surface area contributed by atoms with Gasteiger partial charge in [0.15, 0.2) is 0 Å². The van der Waals surface area contributed by atoms with E-state index in [0.717, 1.165) is 22.0 Å². The molecule has 0 spiro atoms. The second kappa shape index (κ2) is 4.81. The summed E-state index contributed by atoms with van der Waals surface area (Å²) in [6.45, 7) is 0. The molecule has 20 heavy (non-hydrogen) atoms. The fourth-order valence-electron chi connectivity index (χ4n) is 2.34. The number of nitrogens with zero attached hydrogens (tertiary/aromatic N) is 2. The fraction of sp³-hybridized carbons (Fsp3) is 0.125. The predicted octanol–water partition coefficient (Wildman–Crippen LogP) is 3.03. The zero-order valence-electron chi connectivity index (χ0n) is 11.3. The monoisotopic (exact) mass is 266 g/mol. The van der Waals surface area contributed by atoms with Crippen LogP contribution in [0, 0.1) is 0 Å². The van der Waals surface area contributed by atoms with Crippen molar-refractivity contribution in [2.24, 2.45) is 7.05 Å². The molecule has 0 radical (unpaired) electrons. The maximum atomic E-state index is 11.8. The molecule has 0 aliphatic rings. The first kappa shape index (κ1) is 12.4. The maximum Gasteiger partial charge on any atom is 0.338 e. The number of carbonyl (C=O) groups excluding carboxylic acids is 1. The summed E-state index contributed by atoms with van der Waals surface area (Å²) in [6, 6.07) is 13.4. The molecule has 3 rings (SSSR count). The largest absolute Gasteiger partial charge is 0.465 e. The van der Waals surface area contributed by atoms with Crippen LogP contribution >= 0.6 is 0 Å². The Labute approximate surface area is 116 Å². The van der Waals surface area contributed by atoms with Crippen molar-refractivity contribution in [3.63, 3.8) is 0 Å². The van der Waals surface area contributed by atoms with Gasteiger partial charge in [0, 0.05) is 18.6 Å². The Balaban J connectivity index is 2.17. The number of esters is 1. The molecule has 2 aromatic carbocycles. The number of rotatable bonds is 2. The number of carbonyl (C=O) groups is 1. The molecule has 4 nitrogen and oxygen atoms in total. The minimum atomic E-state index is -0.327. The van der Waals surface area contributed by atoms with Crippen LogP contribution in [0.4, 0.5) is 0 Å². The van der Waals surface area contributed by atoms with Gasteiger partial charge < -0.3 is 4.74 Å². The van der Waals surface area contributed by atoms with E-state index in [-0.39, 0.29) is 5.97 Å². The third-order valence-corrected chi connectivity index (χ3v) is 3.26. The van der Waals surface area contributed by atoms with Gasteiger partial charge >= 0.3 is 5.97 Å². The van der Waals surface area contributed by atoms with Crippen LogP contribution in [-0.2, 0) is 11.8 Å². The molecule has 1 heterocycles. The van der Waals surface area contributed by atoms with Crippen LogP contribution < -0.4 is 0 Å². The molecule has 1 aromatic heterocycles. The summed E-state index contributed by atoms with van der Waals surface area (Å²) in [5.74, 6) is -0.327. The number of hydrogen-bond acceptors (Lipinski definition) is 3. The van der Waals surface area contributed by atoms with E-state index >= 15 is 0 Å². The summed E-state index contributed by atoms with van der Waals surface area (Å²) in [4.78, 5) is 11.8. The van der Waals surface area contributed by atoms with Crippen molar-refractivity contribution in [1.82, 2.24) is 9.78 Å². The third kappa shape index (κ3) is 2.05. The average Bonchev–Trinajstić information content (AvgIpc) is 2.85. The van der Waals surface area contributed by atoms with E-state index in [1.54, 1.807) is 10.7 Å². The molecule has 0 N–H and O–H groups in total. The molecule has 3 aromatic rings. The lowest BCUT2D eigenvalue weighted by atomic mass is 9.99. The molecule has 0 amide bonds. The van der Waals surface area contributed by atoms with E-state index in [9.17, 15) is 4.79 Å². The summed E-state index contributed by atoms with van der Waals surface area (Å²) in [6.07, 6.45) is 1.96. The zero-order chi connectivity index (χ0) is 14.1. The molecule has 0 atom stereocenters. The van der Waals surface area contributed by atoms with Crippen LogP contribution in [-0.4, -0.2) is 22.9 Å². The first-order valence-electron chi connectivity index (χ1n) is 6.30. The van der Waals surface area contributed by atoms with Crippen LogP contribution in [0.5, 0.6) is 0 Å². The van der Waals surface area contributed by atoms with Gasteiger partial charge in [-0.2, -0.15) is 5.10 Å². The molecule has 0 saturated carbocycles. The van der Waals surface area contributed by atoms with E-state index in [1.807, 2.05) is 49.6 Å². The van der Waals surface area contributed by atoms with Gasteiger partial charge in [-0.15, -0.1) is 0 Å². The number of methoxy groups -OCH3 is 1. The maximum absolute atomic E-state index is 11.8. The van der Waals surface area contributed by atoms with Gasteiger partial charge in [0.05, 0.1) is 18.2 Å². The fourth-order valence-corrected chi connectivity index (χ4v) is 2.34. The molecular formula is C16H14N2O2. The van der Waals surface area contributed by atoms with E-state index in [1.165, 1.54) is 7.11 Å². The highest BCUT2D eigenvalue weighted by atomic mass is 16.5. The summed E-state index contributed by atoms with van der Waals surface area (Å²) < 4.78 is 6.61. The molecule has 0 fully saturated rings. The second-order valence-electron chi connectivity index (χ2n) is 4.61. The highest BCUT2D eigenvalue weighted by Gasteiger charge is 2.13. The van der Waals surface area contributed by atoms with Crippen molar-refractivity contribution >= 4 is 16.9 Å². The van der Waals surface area contributed by atoms with Gasteiger partial charge in [0.25, 0.3) is 0 Å². The standard InChI is InChI=1S/C16H14N2O2/c1-18-10-12-9-11(7-8-15(12)17-18)13-5-3-4-6-14(13)16(19)20-2/h3-10H,1-2H3. The first-order chi connectivity index (χ1) is 9.69. The van der Waals surface area contributed by atoms with E-state index in [0.29, 0.717) is 5.56 Å². The SMILES string of the molecule is COC(=O)c1ccccc1-c1ccc2nn(C)cc2c1. The van der Waals surface area contributed by atoms with Crippen molar-refractivity contribution in [3.8, 4) is 11.1 Å². The smallest absolute Gasteiger partial charge is 0.338 e. The minimum absolute atomic E-state index is 0.327. The van der Waals surface area contributed by atoms with Gasteiger partial charge in [-0.1, -0.05) is 24.3 Å². The van der Waals surface area contributed by atoms with Gasteiger partial charge in [0.2, 0.25) is 0 Å². The Morgan fingerprint density at radius 3 is 2.80 bits per heavy atom. The summed E-state index contributed by atoms with van der Waals surface area (Å²) in [5.41, 5.74) is 3.35. The van der Waals surface area contributed by atoms with Crippen molar-refractivity contribution < 1.29 is 9.53 Å². The van der Waals surface area contributed by atoms with E-state index < -0.39 is 0 Å². The number of hydrogen-bond donors (Lipinski definition) is 0. The molecule has 0 bridgehead atoms. The van der Waals surface area contributed by atoms with Gasteiger partial charge in [-0.05, 0) is 29.3 Å². The summed E-state index contributed by atoms with van der Waals surface area (Å²) in [5, 5.41) is 5.39. The second-order valence-corrected chi connectivity index (χ2v) is 4.61. The Kier molecular flexibility index (Phi) is 2.99. The normalized spacial score (nSPS) is 10.7.